The average Bonchev–Trinajstić information content (AvgIpc) is 3.12. The van der Waals surface area contributed by atoms with Gasteiger partial charge in [-0.05, 0) is 57.8 Å². The first-order chi connectivity index (χ1) is 24.6. The number of unbranched alkanes of at least 4 members (excludes halogenated alkanes) is 21. The number of hydrogen-bond acceptors (Lipinski definition) is 6. The van der Waals surface area contributed by atoms with Gasteiger partial charge in [-0.25, -0.2) is 0 Å². The third kappa shape index (κ3) is 40.3. The fourth-order valence-electron chi connectivity index (χ4n) is 5.71. The van der Waals surface area contributed by atoms with Gasteiger partial charge in [0, 0.05) is 19.4 Å². The first-order valence-electron chi connectivity index (χ1n) is 20.8. The van der Waals surface area contributed by atoms with Gasteiger partial charge in [0.1, 0.15) is 19.3 Å². The summed E-state index contributed by atoms with van der Waals surface area (Å²) in [6, 6.07) is 0. The molecule has 0 saturated heterocycles. The number of carbonyl (C=O) groups excluding carboxylic acids is 2. The molecule has 0 saturated carbocycles. The van der Waals surface area contributed by atoms with Gasteiger partial charge in [-0.2, -0.15) is 0 Å². The van der Waals surface area contributed by atoms with Crippen LogP contribution in [0.15, 0.2) is 48.6 Å². The first kappa shape index (κ1) is 47.8. The smallest absolute Gasteiger partial charge is 0.305 e. The third-order valence-electron chi connectivity index (χ3n) is 8.87. The Hall–Kier alpha value is -2.18. The van der Waals surface area contributed by atoms with E-state index in [1.54, 1.807) is 0 Å². The summed E-state index contributed by atoms with van der Waals surface area (Å²) < 4.78 is 10.3. The fraction of sp³-hybridized carbons (Fsp3) is 0.773. The molecule has 2 N–H and O–H groups in total. The molecule has 0 rings (SSSR count). The summed E-state index contributed by atoms with van der Waals surface area (Å²) in [7, 11) is 0. The lowest BCUT2D eigenvalue weighted by Gasteiger charge is -2.12. The zero-order valence-electron chi connectivity index (χ0n) is 32.4. The van der Waals surface area contributed by atoms with E-state index in [-0.39, 0.29) is 25.2 Å². The second kappa shape index (κ2) is 41.2. The van der Waals surface area contributed by atoms with E-state index in [0.29, 0.717) is 25.9 Å². The quantitative estimate of drug-likeness (QED) is 0.0378. The Morgan fingerprint density at radius 2 is 0.800 bits per heavy atom. The van der Waals surface area contributed by atoms with Gasteiger partial charge >= 0.3 is 11.9 Å². The molecule has 290 valence electrons. The summed E-state index contributed by atoms with van der Waals surface area (Å²) in [5.41, 5.74) is 0. The molecule has 0 amide bonds. The van der Waals surface area contributed by atoms with E-state index in [1.807, 2.05) is 0 Å². The summed E-state index contributed by atoms with van der Waals surface area (Å²) in [4.78, 5) is 23.9. The molecule has 0 heterocycles. The topological polar surface area (TPSA) is 93.1 Å². The van der Waals surface area contributed by atoms with Gasteiger partial charge < -0.3 is 19.7 Å². The second-order valence-electron chi connectivity index (χ2n) is 13.8. The maximum Gasteiger partial charge on any atom is 0.305 e. The number of hydrogen-bond donors (Lipinski definition) is 2. The van der Waals surface area contributed by atoms with E-state index in [9.17, 15) is 14.7 Å². The van der Waals surface area contributed by atoms with Crippen LogP contribution in [0.4, 0.5) is 0 Å². The van der Waals surface area contributed by atoms with Crippen molar-refractivity contribution in [3.8, 4) is 0 Å². The van der Waals surface area contributed by atoms with Crippen molar-refractivity contribution in [2.24, 2.45) is 0 Å². The molecular formula is C44H78O6. The van der Waals surface area contributed by atoms with Gasteiger partial charge in [0.2, 0.25) is 0 Å². The molecule has 0 unspecified atom stereocenters. The first-order valence-corrected chi connectivity index (χ1v) is 20.8. The van der Waals surface area contributed by atoms with Gasteiger partial charge in [-0.15, -0.1) is 0 Å². The second-order valence-corrected chi connectivity index (χ2v) is 13.8. The summed E-state index contributed by atoms with van der Waals surface area (Å²) in [6.07, 6.45) is 49.0. The lowest BCUT2D eigenvalue weighted by atomic mass is 10.0. The number of esters is 2. The van der Waals surface area contributed by atoms with Crippen LogP contribution < -0.4 is 0 Å². The van der Waals surface area contributed by atoms with Crippen molar-refractivity contribution in [1.29, 1.82) is 0 Å². The summed E-state index contributed by atoms with van der Waals surface area (Å²) in [6.45, 7) is 2.28. The Labute approximate surface area is 308 Å². The van der Waals surface area contributed by atoms with Gasteiger partial charge in [-0.1, -0.05) is 171 Å². The molecule has 0 aromatic rings. The van der Waals surface area contributed by atoms with E-state index in [4.69, 9.17) is 14.6 Å². The summed E-state index contributed by atoms with van der Waals surface area (Å²) >= 11 is 0. The normalized spacial score (nSPS) is 12.6. The number of aliphatic hydroxyl groups excluding tert-OH is 2. The maximum atomic E-state index is 12.0. The predicted molar refractivity (Wildman–Crippen MR) is 211 cm³/mol. The molecule has 0 aromatic carbocycles. The monoisotopic (exact) mass is 703 g/mol. The Morgan fingerprint density at radius 3 is 1.22 bits per heavy atom. The SMILES string of the molecule is CCCCCCCCCCCCCCCCCCCCC(=O)OC[C@H](O)COC(=O)CCC/C=C\C/C=C\C/C=C\C/C=C\CCCCCO. The Balaban J connectivity index is 3.50. The lowest BCUT2D eigenvalue weighted by Crippen LogP contribution is -2.25. The minimum atomic E-state index is -0.992. The van der Waals surface area contributed by atoms with Crippen LogP contribution in [0.5, 0.6) is 0 Å². The largest absolute Gasteiger partial charge is 0.463 e. The van der Waals surface area contributed by atoms with Gasteiger partial charge in [0.15, 0.2) is 0 Å². The van der Waals surface area contributed by atoms with Crippen LogP contribution in [-0.2, 0) is 19.1 Å². The highest BCUT2D eigenvalue weighted by atomic mass is 16.6. The Kier molecular flexibility index (Phi) is 39.4. The van der Waals surface area contributed by atoms with Crippen LogP contribution in [-0.4, -0.2) is 48.1 Å². The fourth-order valence-corrected chi connectivity index (χ4v) is 5.71. The van der Waals surface area contributed by atoms with Crippen molar-refractivity contribution >= 4 is 11.9 Å². The van der Waals surface area contributed by atoms with E-state index in [0.717, 1.165) is 70.6 Å². The van der Waals surface area contributed by atoms with E-state index >= 15 is 0 Å². The van der Waals surface area contributed by atoms with Crippen molar-refractivity contribution in [3.63, 3.8) is 0 Å². The minimum Gasteiger partial charge on any atom is -0.463 e. The van der Waals surface area contributed by atoms with Gasteiger partial charge in [-0.3, -0.25) is 9.59 Å². The highest BCUT2D eigenvalue weighted by molar-refractivity contribution is 5.69. The molecule has 0 aliphatic carbocycles. The molecule has 1 atom stereocenters. The highest BCUT2D eigenvalue weighted by Crippen LogP contribution is 2.15. The van der Waals surface area contributed by atoms with Crippen molar-refractivity contribution in [2.75, 3.05) is 19.8 Å². The van der Waals surface area contributed by atoms with Gasteiger partial charge in [0.05, 0.1) is 0 Å². The van der Waals surface area contributed by atoms with Crippen LogP contribution in [0.1, 0.15) is 193 Å². The van der Waals surface area contributed by atoms with Crippen LogP contribution in [0, 0.1) is 0 Å². The summed E-state index contributed by atoms with van der Waals surface area (Å²) in [5.74, 6) is -0.638. The number of rotatable bonds is 38. The highest BCUT2D eigenvalue weighted by Gasteiger charge is 2.12. The van der Waals surface area contributed by atoms with Crippen molar-refractivity contribution in [1.82, 2.24) is 0 Å². The molecular weight excluding hydrogens is 624 g/mol. The van der Waals surface area contributed by atoms with E-state index < -0.39 is 6.10 Å². The molecule has 6 nitrogen and oxygen atoms in total. The number of allylic oxidation sites excluding steroid dienone is 8. The predicted octanol–water partition coefficient (Wildman–Crippen LogP) is 12.0. The molecule has 0 aromatic heterocycles. The zero-order valence-corrected chi connectivity index (χ0v) is 32.4. The number of carbonyl (C=O) groups is 2. The lowest BCUT2D eigenvalue weighted by molar-refractivity contribution is -0.152. The van der Waals surface area contributed by atoms with E-state index in [2.05, 4.69) is 55.5 Å². The van der Waals surface area contributed by atoms with E-state index in [1.165, 1.54) is 96.3 Å². The molecule has 0 radical (unpaired) electrons. The molecule has 0 bridgehead atoms. The molecule has 50 heavy (non-hydrogen) atoms. The number of ether oxygens (including phenoxy) is 2. The molecule has 0 fully saturated rings. The standard InChI is InChI=1S/C44H78O6/c1-2-3-4-5-6-7-8-9-10-11-13-16-19-22-25-28-31-34-37-43(47)49-40-42(46)41-50-44(48)38-35-32-29-26-23-20-17-14-12-15-18-21-24-27-30-33-36-39-45/h12,15,17,20-21,24,26,29,42,45-46H,2-11,13-14,16,18-19,22-23,25,27-28,30-41H2,1H3/b15-12-,20-17-,24-21-,29-26-/t42-/m0/s1. The van der Waals surface area contributed by atoms with Crippen LogP contribution in [0.25, 0.3) is 0 Å². The molecule has 0 spiro atoms. The number of aliphatic hydroxyl groups is 2. The molecule has 6 heteroatoms. The van der Waals surface area contributed by atoms with Crippen molar-refractivity contribution in [2.45, 2.75) is 199 Å². The molecule has 0 aliphatic rings. The van der Waals surface area contributed by atoms with Crippen LogP contribution in [0.2, 0.25) is 0 Å². The van der Waals surface area contributed by atoms with Crippen LogP contribution in [0.3, 0.4) is 0 Å². The maximum absolute atomic E-state index is 12.0. The zero-order chi connectivity index (χ0) is 36.4. The van der Waals surface area contributed by atoms with Crippen molar-refractivity contribution < 1.29 is 29.3 Å². The van der Waals surface area contributed by atoms with Crippen molar-refractivity contribution in [3.05, 3.63) is 48.6 Å². The Morgan fingerprint density at radius 1 is 0.460 bits per heavy atom. The summed E-state index contributed by atoms with van der Waals surface area (Å²) in [5, 5.41) is 18.8. The third-order valence-corrected chi connectivity index (χ3v) is 8.87. The average molecular weight is 703 g/mol. The minimum absolute atomic E-state index is 0.138. The van der Waals surface area contributed by atoms with Crippen LogP contribution >= 0.6 is 0 Å². The molecule has 0 aliphatic heterocycles. The van der Waals surface area contributed by atoms with Gasteiger partial charge in [0.25, 0.3) is 0 Å². The Bertz CT molecular complexity index is 845.